The number of aliphatic carboxylic acids is 1. The van der Waals surface area contributed by atoms with Crippen LogP contribution in [0.4, 0.5) is 5.69 Å². The lowest BCUT2D eigenvalue weighted by molar-refractivity contribution is -0.138. The first-order valence-corrected chi connectivity index (χ1v) is 5.51. The third-order valence-electron chi connectivity index (χ3n) is 2.94. The molecule has 0 amide bonds. The Morgan fingerprint density at radius 2 is 2.19 bits per heavy atom. The number of hydrogen-bond acceptors (Lipinski definition) is 3. The molecule has 0 heterocycles. The standard InChI is InChI=1S/C12H16N2O2/c13-11(12(15)16)7-14-10-5-4-8-2-1-3-9(8)6-10/h4-6,11,14H,1-3,7,13H2,(H,15,16). The number of anilines is 1. The summed E-state index contributed by atoms with van der Waals surface area (Å²) >= 11 is 0. The Kier molecular flexibility index (Phi) is 3.10. The van der Waals surface area contributed by atoms with Gasteiger partial charge in [-0.2, -0.15) is 0 Å². The topological polar surface area (TPSA) is 75.3 Å². The summed E-state index contributed by atoms with van der Waals surface area (Å²) in [6.45, 7) is 0.258. The van der Waals surface area contributed by atoms with Crippen LogP contribution in [-0.4, -0.2) is 23.7 Å². The maximum Gasteiger partial charge on any atom is 0.322 e. The molecule has 0 spiro atoms. The monoisotopic (exact) mass is 220 g/mol. The third-order valence-corrected chi connectivity index (χ3v) is 2.94. The summed E-state index contributed by atoms with van der Waals surface area (Å²) in [6, 6.07) is 5.33. The lowest BCUT2D eigenvalue weighted by Gasteiger charge is -2.10. The molecule has 1 aromatic carbocycles. The third kappa shape index (κ3) is 2.33. The van der Waals surface area contributed by atoms with E-state index >= 15 is 0 Å². The van der Waals surface area contributed by atoms with Crippen LogP contribution in [0.15, 0.2) is 18.2 Å². The second-order valence-electron chi connectivity index (χ2n) is 4.16. The lowest BCUT2D eigenvalue weighted by Crippen LogP contribution is -2.36. The van der Waals surface area contributed by atoms with Crippen molar-refractivity contribution >= 4 is 11.7 Å². The minimum Gasteiger partial charge on any atom is -0.480 e. The second-order valence-corrected chi connectivity index (χ2v) is 4.16. The second kappa shape index (κ2) is 4.53. The van der Waals surface area contributed by atoms with Gasteiger partial charge in [0.05, 0.1) is 0 Å². The van der Waals surface area contributed by atoms with Crippen molar-refractivity contribution in [1.82, 2.24) is 0 Å². The van der Waals surface area contributed by atoms with E-state index in [0.717, 1.165) is 18.5 Å². The highest BCUT2D eigenvalue weighted by Crippen LogP contribution is 2.24. The van der Waals surface area contributed by atoms with Crippen LogP contribution >= 0.6 is 0 Å². The fourth-order valence-electron chi connectivity index (χ4n) is 2.00. The first-order chi connectivity index (χ1) is 7.66. The number of hydrogen-bond donors (Lipinski definition) is 3. The van der Waals surface area contributed by atoms with E-state index in [-0.39, 0.29) is 6.54 Å². The summed E-state index contributed by atoms with van der Waals surface area (Å²) in [4.78, 5) is 10.5. The van der Waals surface area contributed by atoms with Gasteiger partial charge >= 0.3 is 5.97 Å². The Labute approximate surface area is 94.5 Å². The van der Waals surface area contributed by atoms with Crippen LogP contribution in [0.1, 0.15) is 17.5 Å². The Morgan fingerprint density at radius 3 is 2.94 bits per heavy atom. The van der Waals surface area contributed by atoms with Crippen molar-refractivity contribution in [3.63, 3.8) is 0 Å². The highest BCUT2D eigenvalue weighted by atomic mass is 16.4. The number of benzene rings is 1. The molecule has 4 N–H and O–H groups in total. The summed E-state index contributed by atoms with van der Waals surface area (Å²) < 4.78 is 0. The molecule has 16 heavy (non-hydrogen) atoms. The summed E-state index contributed by atoms with van der Waals surface area (Å²) in [5, 5.41) is 11.7. The predicted octanol–water partition coefficient (Wildman–Crippen LogP) is 0.999. The molecule has 0 aliphatic heterocycles. The van der Waals surface area contributed by atoms with Crippen LogP contribution in [0.5, 0.6) is 0 Å². The quantitative estimate of drug-likeness (QED) is 0.707. The van der Waals surface area contributed by atoms with Gasteiger partial charge in [0.15, 0.2) is 0 Å². The Bertz CT molecular complexity index is 404. The molecular weight excluding hydrogens is 204 g/mol. The minimum absolute atomic E-state index is 0.258. The number of nitrogens with two attached hydrogens (primary N) is 1. The van der Waals surface area contributed by atoms with Crippen molar-refractivity contribution in [3.05, 3.63) is 29.3 Å². The van der Waals surface area contributed by atoms with E-state index in [1.54, 1.807) is 0 Å². The molecule has 1 aliphatic rings. The zero-order chi connectivity index (χ0) is 11.5. The number of carbonyl (C=O) groups is 1. The van der Waals surface area contributed by atoms with Crippen LogP contribution in [-0.2, 0) is 17.6 Å². The molecule has 0 radical (unpaired) electrons. The first-order valence-electron chi connectivity index (χ1n) is 5.51. The van der Waals surface area contributed by atoms with Crippen LogP contribution < -0.4 is 11.1 Å². The van der Waals surface area contributed by atoms with Gasteiger partial charge in [0.2, 0.25) is 0 Å². The average Bonchev–Trinajstić information content (AvgIpc) is 2.72. The Balaban J connectivity index is 1.98. The van der Waals surface area contributed by atoms with E-state index in [2.05, 4.69) is 17.4 Å². The van der Waals surface area contributed by atoms with Crippen LogP contribution in [0.25, 0.3) is 0 Å². The highest BCUT2D eigenvalue weighted by molar-refractivity contribution is 5.74. The number of rotatable bonds is 4. The molecular formula is C12H16N2O2. The molecule has 4 nitrogen and oxygen atoms in total. The summed E-state index contributed by atoms with van der Waals surface area (Å²) in [7, 11) is 0. The van der Waals surface area contributed by atoms with Gasteiger partial charge in [0, 0.05) is 12.2 Å². The van der Waals surface area contributed by atoms with Crippen LogP contribution in [0, 0.1) is 0 Å². The van der Waals surface area contributed by atoms with Gasteiger partial charge in [-0.25, -0.2) is 0 Å². The van der Waals surface area contributed by atoms with Gasteiger partial charge in [0.25, 0.3) is 0 Å². The molecule has 2 rings (SSSR count). The van der Waals surface area contributed by atoms with Crippen LogP contribution in [0.3, 0.4) is 0 Å². The van der Waals surface area contributed by atoms with Crippen molar-refractivity contribution < 1.29 is 9.90 Å². The SMILES string of the molecule is NC(CNc1ccc2c(c1)CCC2)C(=O)O. The molecule has 0 saturated heterocycles. The summed E-state index contributed by atoms with van der Waals surface area (Å²) in [5.74, 6) is -0.978. The zero-order valence-electron chi connectivity index (χ0n) is 9.07. The van der Waals surface area contributed by atoms with Crippen molar-refractivity contribution in [2.75, 3.05) is 11.9 Å². The van der Waals surface area contributed by atoms with Gasteiger partial charge in [-0.1, -0.05) is 6.07 Å². The molecule has 1 atom stereocenters. The van der Waals surface area contributed by atoms with E-state index < -0.39 is 12.0 Å². The molecule has 86 valence electrons. The maximum atomic E-state index is 10.5. The molecule has 0 fully saturated rings. The molecule has 1 unspecified atom stereocenters. The molecule has 0 aromatic heterocycles. The number of nitrogens with one attached hydrogen (secondary N) is 1. The minimum atomic E-state index is -0.978. The van der Waals surface area contributed by atoms with E-state index in [4.69, 9.17) is 10.8 Å². The molecule has 1 aliphatic carbocycles. The van der Waals surface area contributed by atoms with E-state index in [1.165, 1.54) is 17.5 Å². The number of fused-ring (bicyclic) bond motifs is 1. The largest absolute Gasteiger partial charge is 0.480 e. The summed E-state index contributed by atoms with van der Waals surface area (Å²) in [6.07, 6.45) is 3.49. The summed E-state index contributed by atoms with van der Waals surface area (Å²) in [5.41, 5.74) is 9.15. The Morgan fingerprint density at radius 1 is 1.44 bits per heavy atom. The van der Waals surface area contributed by atoms with Crippen molar-refractivity contribution in [2.24, 2.45) is 5.73 Å². The van der Waals surface area contributed by atoms with Gasteiger partial charge < -0.3 is 16.2 Å². The van der Waals surface area contributed by atoms with Gasteiger partial charge in [0.1, 0.15) is 6.04 Å². The van der Waals surface area contributed by atoms with Crippen molar-refractivity contribution in [1.29, 1.82) is 0 Å². The Hall–Kier alpha value is -1.55. The van der Waals surface area contributed by atoms with E-state index in [9.17, 15) is 4.79 Å². The fraction of sp³-hybridized carbons (Fsp3) is 0.417. The van der Waals surface area contributed by atoms with E-state index in [1.807, 2.05) is 6.07 Å². The lowest BCUT2D eigenvalue weighted by atomic mass is 10.1. The van der Waals surface area contributed by atoms with E-state index in [0.29, 0.717) is 0 Å². The highest BCUT2D eigenvalue weighted by Gasteiger charge is 2.13. The number of carboxylic acid groups (broad SMARTS) is 1. The van der Waals surface area contributed by atoms with Gasteiger partial charge in [-0.3, -0.25) is 4.79 Å². The van der Waals surface area contributed by atoms with Gasteiger partial charge in [-0.15, -0.1) is 0 Å². The molecule has 0 bridgehead atoms. The normalized spacial score (nSPS) is 15.6. The van der Waals surface area contributed by atoms with Gasteiger partial charge in [-0.05, 0) is 42.5 Å². The van der Waals surface area contributed by atoms with Crippen LogP contribution in [0.2, 0.25) is 0 Å². The smallest absolute Gasteiger partial charge is 0.322 e. The first kappa shape index (κ1) is 11.0. The van der Waals surface area contributed by atoms with Crippen molar-refractivity contribution in [3.8, 4) is 0 Å². The molecule has 1 aromatic rings. The zero-order valence-corrected chi connectivity index (χ0v) is 9.07. The fourth-order valence-corrected chi connectivity index (χ4v) is 2.00. The average molecular weight is 220 g/mol. The number of carboxylic acids is 1. The predicted molar refractivity (Wildman–Crippen MR) is 62.6 cm³/mol. The maximum absolute atomic E-state index is 10.5. The van der Waals surface area contributed by atoms with Crippen molar-refractivity contribution in [2.45, 2.75) is 25.3 Å². The molecule has 4 heteroatoms. The number of aryl methyl sites for hydroxylation is 2. The molecule has 0 saturated carbocycles.